The Hall–Kier alpha value is -2.81. The molecule has 130 valence electrons. The summed E-state index contributed by atoms with van der Waals surface area (Å²) in [6, 6.07) is 0. The Balaban J connectivity index is 2.85. The molecule has 0 spiro atoms. The zero-order valence-corrected chi connectivity index (χ0v) is 12.4. The molecular formula is C13H12F4N4O3. The molecule has 0 bridgehead atoms. The summed E-state index contributed by atoms with van der Waals surface area (Å²) in [6.07, 6.45) is 0.384. The molecule has 0 aliphatic carbocycles. The summed E-state index contributed by atoms with van der Waals surface area (Å²) in [7, 11) is 0. The van der Waals surface area contributed by atoms with Crippen LogP contribution < -0.4 is 5.32 Å². The van der Waals surface area contributed by atoms with Gasteiger partial charge in [0.25, 0.3) is 0 Å². The maximum Gasteiger partial charge on any atom is 0.344 e. The molecule has 0 radical (unpaired) electrons. The Labute approximate surface area is 133 Å². The molecule has 0 heterocycles. The molecule has 1 N–H and O–H groups in total. The van der Waals surface area contributed by atoms with Gasteiger partial charge in [0.05, 0.1) is 6.61 Å². The van der Waals surface area contributed by atoms with Gasteiger partial charge in [-0.05, 0) is 12.0 Å². The molecule has 0 fully saturated rings. The highest BCUT2D eigenvalue weighted by Gasteiger charge is 2.29. The summed E-state index contributed by atoms with van der Waals surface area (Å²) in [5.41, 5.74) is 5.02. The molecule has 7 nitrogen and oxygen atoms in total. The number of nitrogens with zero attached hydrogens (tertiary/aromatic N) is 3. The molecule has 0 unspecified atom stereocenters. The van der Waals surface area contributed by atoms with Gasteiger partial charge in [0.1, 0.15) is 11.3 Å². The topological polar surface area (TPSA) is 104 Å². The van der Waals surface area contributed by atoms with E-state index >= 15 is 0 Å². The normalized spacial score (nSPS) is 10.0. The molecule has 1 aromatic rings. The van der Waals surface area contributed by atoms with Crippen molar-refractivity contribution in [3.63, 3.8) is 0 Å². The van der Waals surface area contributed by atoms with Crippen LogP contribution in [-0.4, -0.2) is 25.0 Å². The van der Waals surface area contributed by atoms with E-state index in [1.807, 2.05) is 4.91 Å². The molecule has 0 atom stereocenters. The Morgan fingerprint density at radius 1 is 1.17 bits per heavy atom. The number of hydrogen-bond acceptors (Lipinski definition) is 4. The van der Waals surface area contributed by atoms with E-state index in [0.717, 1.165) is 0 Å². The van der Waals surface area contributed by atoms with E-state index in [-0.39, 0.29) is 31.9 Å². The molecule has 24 heavy (non-hydrogen) atoms. The predicted molar refractivity (Wildman–Crippen MR) is 73.3 cm³/mol. The number of benzene rings is 1. The standard InChI is InChI=1S/C13H12F4N4O3/c1-2-6(22)19-4-3-5-24-13(23)7-8(14)10(16)12(20-21-18)11(17)9(7)15/h2-5H2,1H3,(H,19,22). The van der Waals surface area contributed by atoms with Crippen LogP contribution in [0.4, 0.5) is 23.2 Å². The van der Waals surface area contributed by atoms with Crippen molar-refractivity contribution in [2.45, 2.75) is 19.8 Å². The van der Waals surface area contributed by atoms with Gasteiger partial charge >= 0.3 is 5.97 Å². The number of amides is 1. The van der Waals surface area contributed by atoms with E-state index in [0.29, 0.717) is 0 Å². The minimum absolute atomic E-state index is 0.127. The summed E-state index contributed by atoms with van der Waals surface area (Å²) in [6.45, 7) is 1.43. The largest absolute Gasteiger partial charge is 0.462 e. The van der Waals surface area contributed by atoms with Crippen LogP contribution in [0.15, 0.2) is 5.11 Å². The van der Waals surface area contributed by atoms with Gasteiger partial charge in [0.15, 0.2) is 23.3 Å². The van der Waals surface area contributed by atoms with E-state index in [9.17, 15) is 27.2 Å². The lowest BCUT2D eigenvalue weighted by Crippen LogP contribution is -2.24. The summed E-state index contributed by atoms with van der Waals surface area (Å²) in [4.78, 5) is 24.6. The smallest absolute Gasteiger partial charge is 0.344 e. The highest BCUT2D eigenvalue weighted by molar-refractivity contribution is 5.90. The number of esters is 1. The van der Waals surface area contributed by atoms with Crippen LogP contribution in [0.25, 0.3) is 10.4 Å². The molecule has 0 saturated heterocycles. The molecule has 1 aromatic carbocycles. The molecule has 0 aliphatic heterocycles. The number of carbonyl (C=O) groups excluding carboxylic acids is 2. The minimum Gasteiger partial charge on any atom is -0.462 e. The summed E-state index contributed by atoms with van der Waals surface area (Å²) in [5.74, 6) is -9.93. The molecule has 1 rings (SSSR count). The van der Waals surface area contributed by atoms with Crippen LogP contribution in [0.3, 0.4) is 0 Å². The Morgan fingerprint density at radius 3 is 2.25 bits per heavy atom. The summed E-state index contributed by atoms with van der Waals surface area (Å²) in [5, 5.41) is 4.96. The maximum absolute atomic E-state index is 13.7. The van der Waals surface area contributed by atoms with E-state index in [1.165, 1.54) is 0 Å². The number of halogens is 4. The van der Waals surface area contributed by atoms with Crippen LogP contribution >= 0.6 is 0 Å². The van der Waals surface area contributed by atoms with Crippen LogP contribution in [0, 0.1) is 23.3 Å². The number of carbonyl (C=O) groups is 2. The Morgan fingerprint density at radius 2 is 1.75 bits per heavy atom. The second-order valence-electron chi connectivity index (χ2n) is 4.36. The number of ether oxygens (including phenoxy) is 1. The van der Waals surface area contributed by atoms with Crippen molar-refractivity contribution in [2.24, 2.45) is 5.11 Å². The highest BCUT2D eigenvalue weighted by Crippen LogP contribution is 2.30. The van der Waals surface area contributed by atoms with Gasteiger partial charge < -0.3 is 10.1 Å². The molecule has 0 aromatic heterocycles. The van der Waals surface area contributed by atoms with E-state index in [1.54, 1.807) is 6.92 Å². The fourth-order valence-electron chi connectivity index (χ4n) is 1.59. The van der Waals surface area contributed by atoms with E-state index in [2.05, 4.69) is 15.2 Å². The third kappa shape index (κ3) is 4.35. The molecule has 11 heteroatoms. The lowest BCUT2D eigenvalue weighted by atomic mass is 10.1. The first-order valence-electron chi connectivity index (χ1n) is 6.69. The van der Waals surface area contributed by atoms with Crippen molar-refractivity contribution >= 4 is 17.6 Å². The van der Waals surface area contributed by atoms with Crippen molar-refractivity contribution in [3.05, 3.63) is 39.3 Å². The lowest BCUT2D eigenvalue weighted by Gasteiger charge is -2.09. The number of rotatable bonds is 7. The van der Waals surface area contributed by atoms with Crippen molar-refractivity contribution < 1.29 is 31.9 Å². The van der Waals surface area contributed by atoms with Crippen molar-refractivity contribution in [2.75, 3.05) is 13.2 Å². The third-order valence-electron chi connectivity index (χ3n) is 2.79. The Kier molecular flexibility index (Phi) is 6.99. The second-order valence-corrected chi connectivity index (χ2v) is 4.36. The molecular weight excluding hydrogens is 336 g/mol. The quantitative estimate of drug-likeness (QED) is 0.155. The van der Waals surface area contributed by atoms with Crippen LogP contribution in [-0.2, 0) is 9.53 Å². The third-order valence-corrected chi connectivity index (χ3v) is 2.79. The number of nitrogens with one attached hydrogen (secondary N) is 1. The fourth-order valence-corrected chi connectivity index (χ4v) is 1.59. The first kappa shape index (κ1) is 19.2. The predicted octanol–water partition coefficient (Wildman–Crippen LogP) is 3.26. The van der Waals surface area contributed by atoms with Gasteiger partial charge in [-0.2, -0.15) is 0 Å². The van der Waals surface area contributed by atoms with Crippen molar-refractivity contribution in [3.8, 4) is 0 Å². The monoisotopic (exact) mass is 348 g/mol. The summed E-state index contributed by atoms with van der Waals surface area (Å²) >= 11 is 0. The zero-order chi connectivity index (χ0) is 18.3. The second kappa shape index (κ2) is 8.73. The van der Waals surface area contributed by atoms with Gasteiger partial charge in [-0.15, -0.1) is 0 Å². The van der Waals surface area contributed by atoms with Gasteiger partial charge in [0.2, 0.25) is 5.91 Å². The highest BCUT2D eigenvalue weighted by atomic mass is 19.2. The van der Waals surface area contributed by atoms with Crippen LogP contribution in [0.2, 0.25) is 0 Å². The van der Waals surface area contributed by atoms with Gasteiger partial charge in [0, 0.05) is 17.9 Å². The van der Waals surface area contributed by atoms with Crippen LogP contribution in [0.1, 0.15) is 30.1 Å². The first-order chi connectivity index (χ1) is 11.3. The maximum atomic E-state index is 13.7. The van der Waals surface area contributed by atoms with Crippen LogP contribution in [0.5, 0.6) is 0 Å². The van der Waals surface area contributed by atoms with Gasteiger partial charge in [-0.1, -0.05) is 12.0 Å². The lowest BCUT2D eigenvalue weighted by molar-refractivity contribution is -0.120. The van der Waals surface area contributed by atoms with Gasteiger partial charge in [-0.3, -0.25) is 4.79 Å². The van der Waals surface area contributed by atoms with E-state index in [4.69, 9.17) is 5.53 Å². The molecule has 0 saturated carbocycles. The molecule has 0 aliphatic rings. The fraction of sp³-hybridized carbons (Fsp3) is 0.385. The summed E-state index contributed by atoms with van der Waals surface area (Å²) < 4.78 is 58.9. The van der Waals surface area contributed by atoms with Crippen molar-refractivity contribution in [1.29, 1.82) is 0 Å². The average molecular weight is 348 g/mol. The average Bonchev–Trinajstić information content (AvgIpc) is 2.56. The first-order valence-corrected chi connectivity index (χ1v) is 6.69. The number of hydrogen-bond donors (Lipinski definition) is 1. The zero-order valence-electron chi connectivity index (χ0n) is 12.4. The Bertz CT molecular complexity index is 676. The number of azide groups is 1. The SMILES string of the molecule is CCC(=O)NCCCOC(=O)c1c(F)c(F)c(N=[N+]=[N-])c(F)c1F. The minimum atomic E-state index is -2.03. The van der Waals surface area contributed by atoms with Crippen molar-refractivity contribution in [1.82, 2.24) is 5.32 Å². The van der Waals surface area contributed by atoms with Gasteiger partial charge in [-0.25, -0.2) is 22.4 Å². The van der Waals surface area contributed by atoms with E-state index < -0.39 is 40.5 Å². The molecule has 1 amide bonds.